The monoisotopic (exact) mass is 267 g/mol. The van der Waals surface area contributed by atoms with Crippen LogP contribution in [0.15, 0.2) is 24.3 Å². The third-order valence-electron chi connectivity index (χ3n) is 2.41. The Hall–Kier alpha value is -2.24. The van der Waals surface area contributed by atoms with E-state index in [1.165, 1.54) is 21.0 Å². The van der Waals surface area contributed by atoms with Gasteiger partial charge in [0.25, 0.3) is 5.91 Å². The Morgan fingerprint density at radius 2 is 1.84 bits per heavy atom. The Morgan fingerprint density at radius 1 is 1.26 bits per heavy atom. The van der Waals surface area contributed by atoms with E-state index in [4.69, 9.17) is 14.6 Å². The third kappa shape index (κ3) is 4.17. The molecule has 1 amide bonds. The van der Waals surface area contributed by atoms with Crippen molar-refractivity contribution in [3.05, 3.63) is 24.3 Å². The Morgan fingerprint density at radius 3 is 2.37 bits per heavy atom. The highest BCUT2D eigenvalue weighted by Crippen LogP contribution is 2.25. The van der Waals surface area contributed by atoms with E-state index in [-0.39, 0.29) is 6.61 Å². The van der Waals surface area contributed by atoms with Crippen molar-refractivity contribution < 1.29 is 24.2 Å². The van der Waals surface area contributed by atoms with E-state index < -0.39 is 17.4 Å². The number of carbonyl (C=O) groups is 2. The van der Waals surface area contributed by atoms with Crippen molar-refractivity contribution in [2.75, 3.05) is 13.7 Å². The van der Waals surface area contributed by atoms with Gasteiger partial charge < -0.3 is 19.9 Å². The van der Waals surface area contributed by atoms with Crippen molar-refractivity contribution in [1.82, 2.24) is 5.32 Å². The summed E-state index contributed by atoms with van der Waals surface area (Å²) in [5.74, 6) is -0.697. The van der Waals surface area contributed by atoms with Crippen LogP contribution >= 0.6 is 0 Å². The lowest BCUT2D eigenvalue weighted by atomic mass is 10.1. The summed E-state index contributed by atoms with van der Waals surface area (Å²) < 4.78 is 10.4. The number of benzene rings is 1. The van der Waals surface area contributed by atoms with E-state index in [9.17, 15) is 9.59 Å². The van der Waals surface area contributed by atoms with Gasteiger partial charge in [0.05, 0.1) is 7.11 Å². The molecule has 0 aromatic heterocycles. The Balaban J connectivity index is 2.58. The lowest BCUT2D eigenvalue weighted by Crippen LogP contribution is -2.51. The maximum atomic E-state index is 11.6. The summed E-state index contributed by atoms with van der Waals surface area (Å²) in [6, 6.07) is 6.89. The summed E-state index contributed by atoms with van der Waals surface area (Å²) in [7, 11) is 1.50. The topological polar surface area (TPSA) is 84.9 Å². The van der Waals surface area contributed by atoms with Crippen LogP contribution in [-0.2, 0) is 9.59 Å². The number of para-hydroxylation sites is 2. The van der Waals surface area contributed by atoms with Gasteiger partial charge in [0.15, 0.2) is 18.1 Å². The van der Waals surface area contributed by atoms with Gasteiger partial charge in [-0.3, -0.25) is 4.79 Å². The summed E-state index contributed by atoms with van der Waals surface area (Å²) in [6.07, 6.45) is 0. The molecule has 19 heavy (non-hydrogen) atoms. The molecule has 0 saturated heterocycles. The number of methoxy groups -OCH3 is 1. The van der Waals surface area contributed by atoms with Gasteiger partial charge in [-0.1, -0.05) is 12.1 Å². The van der Waals surface area contributed by atoms with E-state index in [1.807, 2.05) is 0 Å². The summed E-state index contributed by atoms with van der Waals surface area (Å²) in [5, 5.41) is 11.2. The Labute approximate surface area is 111 Å². The standard InChI is InChI=1S/C13H17NO5/c1-13(2,12(16)17)14-11(15)8-19-10-7-5-4-6-9(10)18-3/h4-7H,8H2,1-3H3,(H,14,15)(H,16,17). The summed E-state index contributed by atoms with van der Waals surface area (Å²) in [5.41, 5.74) is -1.33. The molecule has 104 valence electrons. The van der Waals surface area contributed by atoms with Gasteiger partial charge in [-0.15, -0.1) is 0 Å². The average molecular weight is 267 g/mol. The van der Waals surface area contributed by atoms with Crippen LogP contribution in [0.2, 0.25) is 0 Å². The molecule has 0 bridgehead atoms. The first-order valence-electron chi connectivity index (χ1n) is 5.67. The van der Waals surface area contributed by atoms with Gasteiger partial charge in [-0.25, -0.2) is 4.79 Å². The highest BCUT2D eigenvalue weighted by atomic mass is 16.5. The lowest BCUT2D eigenvalue weighted by molar-refractivity contribution is -0.146. The Kier molecular flexibility index (Phi) is 4.74. The molecule has 0 atom stereocenters. The number of aliphatic carboxylic acids is 1. The van der Waals surface area contributed by atoms with E-state index >= 15 is 0 Å². The number of carbonyl (C=O) groups excluding carboxylic acids is 1. The molecule has 2 N–H and O–H groups in total. The molecule has 0 unspecified atom stereocenters. The Bertz CT molecular complexity index is 470. The van der Waals surface area contributed by atoms with E-state index in [0.717, 1.165) is 0 Å². The highest BCUT2D eigenvalue weighted by molar-refractivity contribution is 5.86. The zero-order chi connectivity index (χ0) is 14.5. The quantitative estimate of drug-likeness (QED) is 0.804. The van der Waals surface area contributed by atoms with Crippen molar-refractivity contribution in [2.24, 2.45) is 0 Å². The zero-order valence-electron chi connectivity index (χ0n) is 11.1. The molecule has 6 heteroatoms. The first kappa shape index (κ1) is 14.8. The molecular weight excluding hydrogens is 250 g/mol. The molecular formula is C13H17NO5. The zero-order valence-corrected chi connectivity index (χ0v) is 11.1. The van der Waals surface area contributed by atoms with E-state index in [0.29, 0.717) is 11.5 Å². The second-order valence-electron chi connectivity index (χ2n) is 4.42. The fourth-order valence-electron chi connectivity index (χ4n) is 1.32. The highest BCUT2D eigenvalue weighted by Gasteiger charge is 2.28. The van der Waals surface area contributed by atoms with Crippen molar-refractivity contribution in [3.8, 4) is 11.5 Å². The maximum absolute atomic E-state index is 11.6. The molecule has 1 rings (SSSR count). The second-order valence-corrected chi connectivity index (χ2v) is 4.42. The molecule has 0 spiro atoms. The molecule has 1 aromatic rings. The summed E-state index contributed by atoms with van der Waals surface area (Å²) in [4.78, 5) is 22.5. The van der Waals surface area contributed by atoms with Crippen LogP contribution in [-0.4, -0.2) is 36.2 Å². The number of ether oxygens (including phenoxy) is 2. The fourth-order valence-corrected chi connectivity index (χ4v) is 1.32. The van der Waals surface area contributed by atoms with Crippen LogP contribution in [0.25, 0.3) is 0 Å². The SMILES string of the molecule is COc1ccccc1OCC(=O)NC(C)(C)C(=O)O. The van der Waals surface area contributed by atoms with Crippen LogP contribution in [0.1, 0.15) is 13.8 Å². The second kappa shape index (κ2) is 6.08. The number of carboxylic acids is 1. The minimum atomic E-state index is -1.33. The maximum Gasteiger partial charge on any atom is 0.328 e. The minimum Gasteiger partial charge on any atom is -0.493 e. The molecule has 1 aromatic carbocycles. The third-order valence-corrected chi connectivity index (χ3v) is 2.41. The first-order chi connectivity index (χ1) is 8.86. The van der Waals surface area contributed by atoms with E-state index in [1.54, 1.807) is 24.3 Å². The minimum absolute atomic E-state index is 0.281. The summed E-state index contributed by atoms with van der Waals surface area (Å²) >= 11 is 0. The summed E-state index contributed by atoms with van der Waals surface area (Å²) in [6.45, 7) is 2.52. The number of hydrogen-bond donors (Lipinski definition) is 2. The van der Waals surface area contributed by atoms with Crippen molar-refractivity contribution in [2.45, 2.75) is 19.4 Å². The van der Waals surface area contributed by atoms with Crippen LogP contribution in [0.3, 0.4) is 0 Å². The van der Waals surface area contributed by atoms with Crippen LogP contribution in [0.5, 0.6) is 11.5 Å². The molecule has 0 radical (unpaired) electrons. The lowest BCUT2D eigenvalue weighted by Gasteiger charge is -2.21. The predicted octanol–water partition coefficient (Wildman–Crippen LogP) is 1.05. The van der Waals surface area contributed by atoms with E-state index in [2.05, 4.69) is 5.32 Å². The normalized spacial score (nSPS) is 10.7. The fraction of sp³-hybridized carbons (Fsp3) is 0.385. The van der Waals surface area contributed by atoms with Gasteiger partial charge in [0.1, 0.15) is 5.54 Å². The molecule has 6 nitrogen and oxygen atoms in total. The number of amides is 1. The number of hydrogen-bond acceptors (Lipinski definition) is 4. The van der Waals surface area contributed by atoms with Crippen molar-refractivity contribution >= 4 is 11.9 Å². The van der Waals surface area contributed by atoms with Crippen LogP contribution in [0, 0.1) is 0 Å². The smallest absolute Gasteiger partial charge is 0.328 e. The van der Waals surface area contributed by atoms with Crippen LogP contribution in [0.4, 0.5) is 0 Å². The van der Waals surface area contributed by atoms with Crippen LogP contribution < -0.4 is 14.8 Å². The number of rotatable bonds is 6. The number of nitrogens with one attached hydrogen (secondary N) is 1. The predicted molar refractivity (Wildman–Crippen MR) is 68.3 cm³/mol. The van der Waals surface area contributed by atoms with Gasteiger partial charge >= 0.3 is 5.97 Å². The van der Waals surface area contributed by atoms with Gasteiger partial charge in [-0.2, -0.15) is 0 Å². The molecule has 0 saturated carbocycles. The largest absolute Gasteiger partial charge is 0.493 e. The van der Waals surface area contributed by atoms with Crippen molar-refractivity contribution in [3.63, 3.8) is 0 Å². The number of carboxylic acid groups (broad SMARTS) is 1. The molecule has 0 aliphatic carbocycles. The van der Waals surface area contributed by atoms with Gasteiger partial charge in [-0.05, 0) is 26.0 Å². The molecule has 0 aliphatic heterocycles. The van der Waals surface area contributed by atoms with Gasteiger partial charge in [0, 0.05) is 0 Å². The molecule has 0 fully saturated rings. The molecule has 0 aliphatic rings. The molecule has 0 heterocycles. The average Bonchev–Trinajstić information content (AvgIpc) is 2.36. The first-order valence-corrected chi connectivity index (χ1v) is 5.67. The van der Waals surface area contributed by atoms with Crippen molar-refractivity contribution in [1.29, 1.82) is 0 Å². The van der Waals surface area contributed by atoms with Gasteiger partial charge in [0.2, 0.25) is 0 Å².